The highest BCUT2D eigenvalue weighted by atomic mass is 16.1. The first kappa shape index (κ1) is 13.6. The van der Waals surface area contributed by atoms with Crippen LogP contribution in [0.4, 0.5) is 11.4 Å². The number of carbonyl (C=O) groups excluding carboxylic acids is 1. The number of nitriles is 1. The lowest BCUT2D eigenvalue weighted by molar-refractivity contribution is 0.102. The van der Waals surface area contributed by atoms with Crippen LogP contribution in [-0.2, 0) is 0 Å². The van der Waals surface area contributed by atoms with E-state index in [4.69, 9.17) is 5.26 Å². The Labute approximate surface area is 117 Å². The van der Waals surface area contributed by atoms with Gasteiger partial charge in [-0.2, -0.15) is 5.26 Å². The number of nitrogens with one attached hydrogen (secondary N) is 2. The molecule has 2 aromatic rings. The van der Waals surface area contributed by atoms with Gasteiger partial charge in [0, 0.05) is 25.1 Å². The van der Waals surface area contributed by atoms with Crippen molar-refractivity contribution in [3.05, 3.63) is 53.3 Å². The zero-order valence-electron chi connectivity index (χ0n) is 11.3. The first-order valence-electron chi connectivity index (χ1n) is 6.10. The number of hydrogen-bond donors (Lipinski definition) is 2. The molecule has 20 heavy (non-hydrogen) atoms. The monoisotopic (exact) mass is 266 g/mol. The molecule has 1 amide bonds. The normalized spacial score (nSPS) is 9.65. The van der Waals surface area contributed by atoms with E-state index in [0.29, 0.717) is 22.5 Å². The molecule has 2 rings (SSSR count). The van der Waals surface area contributed by atoms with E-state index in [2.05, 4.69) is 21.7 Å². The average Bonchev–Trinajstić information content (AvgIpc) is 2.47. The van der Waals surface area contributed by atoms with E-state index in [9.17, 15) is 4.79 Å². The van der Waals surface area contributed by atoms with Crippen LogP contribution >= 0.6 is 0 Å². The number of hydrogen-bond acceptors (Lipinski definition) is 4. The largest absolute Gasteiger partial charge is 0.387 e. The van der Waals surface area contributed by atoms with E-state index in [0.717, 1.165) is 5.56 Å². The maximum Gasteiger partial charge on any atom is 0.259 e. The summed E-state index contributed by atoms with van der Waals surface area (Å²) in [6.45, 7) is 1.83. The Morgan fingerprint density at radius 3 is 2.80 bits per heavy atom. The van der Waals surface area contributed by atoms with Gasteiger partial charge < -0.3 is 10.6 Å². The van der Waals surface area contributed by atoms with E-state index in [1.807, 2.05) is 13.0 Å². The second kappa shape index (κ2) is 5.85. The lowest BCUT2D eigenvalue weighted by Gasteiger charge is -2.11. The first-order chi connectivity index (χ1) is 9.67. The predicted octanol–water partition coefficient (Wildman–Crippen LogP) is 2.56. The van der Waals surface area contributed by atoms with E-state index in [1.165, 1.54) is 6.20 Å². The molecule has 5 nitrogen and oxygen atoms in total. The summed E-state index contributed by atoms with van der Waals surface area (Å²) < 4.78 is 0. The smallest absolute Gasteiger partial charge is 0.259 e. The number of anilines is 2. The number of rotatable bonds is 3. The predicted molar refractivity (Wildman–Crippen MR) is 77.6 cm³/mol. The number of amides is 1. The maximum atomic E-state index is 12.3. The van der Waals surface area contributed by atoms with Crippen LogP contribution in [0.15, 0.2) is 36.7 Å². The summed E-state index contributed by atoms with van der Waals surface area (Å²) in [5, 5.41) is 14.8. The molecule has 0 aliphatic heterocycles. The highest BCUT2D eigenvalue weighted by Crippen LogP contribution is 2.20. The Morgan fingerprint density at radius 1 is 1.30 bits per heavy atom. The standard InChI is InChI=1S/C15H14N4O/c1-10-4-3-5-14(11(10)8-16)19-15(20)12-9-18-7-6-13(12)17-2/h3-7,9H,1-2H3,(H,17,18)(H,19,20). The van der Waals surface area contributed by atoms with Crippen molar-refractivity contribution < 1.29 is 4.79 Å². The van der Waals surface area contributed by atoms with Crippen LogP contribution in [0.1, 0.15) is 21.5 Å². The first-order valence-corrected chi connectivity index (χ1v) is 6.10. The Balaban J connectivity index is 2.34. The third-order valence-electron chi connectivity index (χ3n) is 2.97. The van der Waals surface area contributed by atoms with Gasteiger partial charge in [-0.05, 0) is 24.6 Å². The van der Waals surface area contributed by atoms with Crippen molar-refractivity contribution in [3.8, 4) is 6.07 Å². The fourth-order valence-corrected chi connectivity index (χ4v) is 1.90. The molecule has 0 aliphatic rings. The van der Waals surface area contributed by atoms with Crippen LogP contribution in [0, 0.1) is 18.3 Å². The van der Waals surface area contributed by atoms with E-state index >= 15 is 0 Å². The lowest BCUT2D eigenvalue weighted by Crippen LogP contribution is -2.15. The van der Waals surface area contributed by atoms with Gasteiger partial charge in [-0.15, -0.1) is 0 Å². The van der Waals surface area contributed by atoms with Crippen LogP contribution in [-0.4, -0.2) is 17.9 Å². The highest BCUT2D eigenvalue weighted by Gasteiger charge is 2.13. The Morgan fingerprint density at radius 2 is 2.10 bits per heavy atom. The molecule has 0 fully saturated rings. The minimum Gasteiger partial charge on any atom is -0.387 e. The van der Waals surface area contributed by atoms with Gasteiger partial charge >= 0.3 is 0 Å². The fraction of sp³-hybridized carbons (Fsp3) is 0.133. The van der Waals surface area contributed by atoms with Crippen LogP contribution in [0.5, 0.6) is 0 Å². The van der Waals surface area contributed by atoms with Gasteiger partial charge in [0.15, 0.2) is 0 Å². The molecule has 0 saturated carbocycles. The number of benzene rings is 1. The number of pyridine rings is 1. The number of aryl methyl sites for hydroxylation is 1. The van der Waals surface area contributed by atoms with E-state index in [-0.39, 0.29) is 5.91 Å². The second-order valence-corrected chi connectivity index (χ2v) is 4.23. The summed E-state index contributed by atoms with van der Waals surface area (Å²) in [4.78, 5) is 16.2. The number of carbonyl (C=O) groups is 1. The number of nitrogens with zero attached hydrogens (tertiary/aromatic N) is 2. The average molecular weight is 266 g/mol. The van der Waals surface area contributed by atoms with Crippen LogP contribution < -0.4 is 10.6 Å². The molecule has 1 heterocycles. The van der Waals surface area contributed by atoms with Crippen molar-refractivity contribution in [2.45, 2.75) is 6.92 Å². The third kappa shape index (κ3) is 2.59. The van der Waals surface area contributed by atoms with Crippen LogP contribution in [0.3, 0.4) is 0 Å². The summed E-state index contributed by atoms with van der Waals surface area (Å²) in [5.41, 5.74) is 2.91. The van der Waals surface area contributed by atoms with Gasteiger partial charge in [-0.3, -0.25) is 9.78 Å². The summed E-state index contributed by atoms with van der Waals surface area (Å²) in [7, 11) is 1.74. The molecule has 1 aromatic heterocycles. The molecule has 1 aromatic carbocycles. The zero-order valence-corrected chi connectivity index (χ0v) is 11.3. The minimum atomic E-state index is -0.301. The van der Waals surface area contributed by atoms with Crippen molar-refractivity contribution in [1.82, 2.24) is 4.98 Å². The van der Waals surface area contributed by atoms with Crippen molar-refractivity contribution in [2.24, 2.45) is 0 Å². The summed E-state index contributed by atoms with van der Waals surface area (Å²) in [6.07, 6.45) is 3.10. The topological polar surface area (TPSA) is 77.8 Å². The van der Waals surface area contributed by atoms with Crippen molar-refractivity contribution >= 4 is 17.3 Å². The molecule has 2 N–H and O–H groups in total. The molecule has 100 valence electrons. The van der Waals surface area contributed by atoms with Gasteiger partial charge in [-0.1, -0.05) is 12.1 Å². The maximum absolute atomic E-state index is 12.3. The molecule has 0 unspecified atom stereocenters. The Kier molecular flexibility index (Phi) is 3.96. The summed E-state index contributed by atoms with van der Waals surface area (Å²) >= 11 is 0. The van der Waals surface area contributed by atoms with Crippen molar-refractivity contribution in [2.75, 3.05) is 17.7 Å². The Bertz CT molecular complexity index is 689. The van der Waals surface area contributed by atoms with Crippen molar-refractivity contribution in [1.29, 1.82) is 5.26 Å². The summed E-state index contributed by atoms with van der Waals surface area (Å²) in [5.74, 6) is -0.301. The molecular weight excluding hydrogens is 252 g/mol. The van der Waals surface area contributed by atoms with E-state index in [1.54, 1.807) is 31.4 Å². The minimum absolute atomic E-state index is 0.301. The number of aromatic nitrogens is 1. The lowest BCUT2D eigenvalue weighted by atomic mass is 10.1. The van der Waals surface area contributed by atoms with Gasteiger partial charge in [0.25, 0.3) is 5.91 Å². The van der Waals surface area contributed by atoms with Gasteiger partial charge in [-0.25, -0.2) is 0 Å². The van der Waals surface area contributed by atoms with Crippen LogP contribution in [0.25, 0.3) is 0 Å². The Hall–Kier alpha value is -2.87. The third-order valence-corrected chi connectivity index (χ3v) is 2.97. The molecule has 0 saturated heterocycles. The second-order valence-electron chi connectivity index (χ2n) is 4.23. The van der Waals surface area contributed by atoms with Gasteiger partial charge in [0.2, 0.25) is 0 Å². The van der Waals surface area contributed by atoms with Gasteiger partial charge in [0.05, 0.1) is 16.8 Å². The molecule has 0 bridgehead atoms. The molecular formula is C15H14N4O. The molecule has 0 radical (unpaired) electrons. The molecule has 0 atom stereocenters. The highest BCUT2D eigenvalue weighted by molar-refractivity contribution is 6.08. The van der Waals surface area contributed by atoms with Gasteiger partial charge in [0.1, 0.15) is 6.07 Å². The van der Waals surface area contributed by atoms with E-state index < -0.39 is 0 Å². The molecule has 0 aliphatic carbocycles. The van der Waals surface area contributed by atoms with Crippen molar-refractivity contribution in [3.63, 3.8) is 0 Å². The molecule has 0 spiro atoms. The SMILES string of the molecule is CNc1ccncc1C(=O)Nc1cccc(C)c1C#N. The zero-order chi connectivity index (χ0) is 14.5. The van der Waals surface area contributed by atoms with Crippen LogP contribution in [0.2, 0.25) is 0 Å². The summed E-state index contributed by atoms with van der Waals surface area (Å²) in [6, 6.07) is 9.16. The molecule has 5 heteroatoms. The quantitative estimate of drug-likeness (QED) is 0.895. The fourth-order valence-electron chi connectivity index (χ4n) is 1.90.